The molecule has 25 heavy (non-hydrogen) atoms. The molecule has 0 bridgehead atoms. The van der Waals surface area contributed by atoms with Gasteiger partial charge in [0.15, 0.2) is 0 Å². The van der Waals surface area contributed by atoms with Crippen LogP contribution in [0.2, 0.25) is 0 Å². The molecule has 0 aliphatic carbocycles. The second kappa shape index (κ2) is 7.06. The maximum absolute atomic E-state index is 12.2. The summed E-state index contributed by atoms with van der Waals surface area (Å²) in [5.41, 5.74) is 1.98. The predicted molar refractivity (Wildman–Crippen MR) is 92.5 cm³/mol. The molecule has 0 aromatic heterocycles. The van der Waals surface area contributed by atoms with E-state index in [0.717, 1.165) is 18.5 Å². The summed E-state index contributed by atoms with van der Waals surface area (Å²) in [6, 6.07) is 8.97. The Hall–Kier alpha value is -3.32. The highest BCUT2D eigenvalue weighted by Gasteiger charge is 2.27. The number of amides is 2. The standard InChI is InChI=1S/C18H17N5O2/c19-10-13(11-20)12-21-15-6-5-14(22-7-1-3-17(22)24)9-16(15)23-8-2-4-18(23)25/h5-6,9,12,21H,1-4,7-8H2. The maximum Gasteiger partial charge on any atom is 0.227 e. The topological polar surface area (TPSA) is 100 Å². The molecule has 0 saturated carbocycles. The van der Waals surface area contributed by atoms with E-state index in [1.54, 1.807) is 28.0 Å². The monoisotopic (exact) mass is 335 g/mol. The van der Waals surface area contributed by atoms with Gasteiger partial charge in [-0.15, -0.1) is 0 Å². The zero-order valence-electron chi connectivity index (χ0n) is 13.7. The number of hydrogen-bond donors (Lipinski definition) is 1. The molecule has 1 aromatic carbocycles. The number of rotatable bonds is 4. The number of nitrogens with zero attached hydrogens (tertiary/aromatic N) is 4. The summed E-state index contributed by atoms with van der Waals surface area (Å²) in [4.78, 5) is 27.6. The fraction of sp³-hybridized carbons (Fsp3) is 0.333. The maximum atomic E-state index is 12.2. The lowest BCUT2D eigenvalue weighted by Gasteiger charge is -2.23. The van der Waals surface area contributed by atoms with Gasteiger partial charge in [-0.3, -0.25) is 9.59 Å². The summed E-state index contributed by atoms with van der Waals surface area (Å²) in [6.07, 6.45) is 3.95. The van der Waals surface area contributed by atoms with Crippen LogP contribution in [-0.2, 0) is 9.59 Å². The first-order valence-corrected chi connectivity index (χ1v) is 8.15. The average molecular weight is 335 g/mol. The Kier molecular flexibility index (Phi) is 4.67. The fourth-order valence-electron chi connectivity index (χ4n) is 3.10. The molecule has 0 unspecified atom stereocenters. The summed E-state index contributed by atoms with van der Waals surface area (Å²) in [6.45, 7) is 1.28. The SMILES string of the molecule is N#CC(C#N)=CNc1ccc(N2CCCC2=O)cc1N1CCCC1=O. The minimum atomic E-state index is -0.0579. The van der Waals surface area contributed by atoms with Gasteiger partial charge in [0, 0.05) is 37.8 Å². The first kappa shape index (κ1) is 16.5. The second-order valence-electron chi connectivity index (χ2n) is 5.93. The number of allylic oxidation sites excluding steroid dienone is 1. The summed E-state index contributed by atoms with van der Waals surface area (Å²) in [5.74, 6) is 0.105. The number of carbonyl (C=O) groups excluding carboxylic acids is 2. The summed E-state index contributed by atoms with van der Waals surface area (Å²) < 4.78 is 0. The molecular formula is C18H17N5O2. The molecule has 7 nitrogen and oxygen atoms in total. The summed E-state index contributed by atoms with van der Waals surface area (Å²) >= 11 is 0. The van der Waals surface area contributed by atoms with Gasteiger partial charge in [-0.25, -0.2) is 0 Å². The van der Waals surface area contributed by atoms with E-state index in [4.69, 9.17) is 10.5 Å². The molecule has 2 aliphatic rings. The van der Waals surface area contributed by atoms with Gasteiger partial charge in [-0.1, -0.05) is 0 Å². The van der Waals surface area contributed by atoms with Crippen LogP contribution in [0, 0.1) is 22.7 Å². The Labute approximate surface area is 145 Å². The van der Waals surface area contributed by atoms with Crippen LogP contribution in [-0.4, -0.2) is 24.9 Å². The number of nitriles is 2. The molecule has 2 heterocycles. The molecular weight excluding hydrogens is 318 g/mol. The third-order valence-electron chi connectivity index (χ3n) is 4.34. The second-order valence-corrected chi connectivity index (χ2v) is 5.93. The Morgan fingerprint density at radius 1 is 1.04 bits per heavy atom. The van der Waals surface area contributed by atoms with Gasteiger partial charge < -0.3 is 15.1 Å². The van der Waals surface area contributed by atoms with Crippen molar-refractivity contribution in [1.29, 1.82) is 10.5 Å². The van der Waals surface area contributed by atoms with Crippen molar-refractivity contribution in [3.8, 4) is 12.1 Å². The van der Waals surface area contributed by atoms with Crippen molar-refractivity contribution in [2.75, 3.05) is 28.2 Å². The van der Waals surface area contributed by atoms with Gasteiger partial charge in [-0.05, 0) is 31.0 Å². The Bertz CT molecular complexity index is 815. The van der Waals surface area contributed by atoms with E-state index in [1.165, 1.54) is 6.20 Å². The lowest BCUT2D eigenvalue weighted by molar-refractivity contribution is -0.117. The zero-order chi connectivity index (χ0) is 17.8. The minimum Gasteiger partial charge on any atom is -0.358 e. The first-order chi connectivity index (χ1) is 12.1. The van der Waals surface area contributed by atoms with E-state index in [-0.39, 0.29) is 17.4 Å². The molecule has 0 radical (unpaired) electrons. The number of benzene rings is 1. The molecule has 2 fully saturated rings. The van der Waals surface area contributed by atoms with Gasteiger partial charge in [0.1, 0.15) is 17.7 Å². The largest absolute Gasteiger partial charge is 0.358 e. The van der Waals surface area contributed by atoms with Crippen molar-refractivity contribution in [2.45, 2.75) is 25.7 Å². The van der Waals surface area contributed by atoms with E-state index in [9.17, 15) is 9.59 Å². The molecule has 126 valence electrons. The molecule has 0 spiro atoms. The van der Waals surface area contributed by atoms with Gasteiger partial charge >= 0.3 is 0 Å². The molecule has 7 heteroatoms. The first-order valence-electron chi connectivity index (χ1n) is 8.15. The summed E-state index contributed by atoms with van der Waals surface area (Å²) in [7, 11) is 0. The van der Waals surface area contributed by atoms with Gasteiger partial charge in [0.2, 0.25) is 11.8 Å². The highest BCUT2D eigenvalue weighted by molar-refractivity contribution is 6.01. The van der Waals surface area contributed by atoms with E-state index >= 15 is 0 Å². The number of anilines is 3. The number of hydrogen-bond acceptors (Lipinski definition) is 5. The van der Waals surface area contributed by atoms with Gasteiger partial charge in [0.05, 0.1) is 11.4 Å². The van der Waals surface area contributed by atoms with E-state index in [2.05, 4.69) is 5.32 Å². The number of carbonyl (C=O) groups is 2. The Morgan fingerprint density at radius 3 is 2.24 bits per heavy atom. The van der Waals surface area contributed by atoms with E-state index < -0.39 is 0 Å². The van der Waals surface area contributed by atoms with Crippen molar-refractivity contribution in [3.05, 3.63) is 30.0 Å². The van der Waals surface area contributed by atoms with Crippen LogP contribution in [0.15, 0.2) is 30.0 Å². The van der Waals surface area contributed by atoms with Crippen molar-refractivity contribution < 1.29 is 9.59 Å². The van der Waals surface area contributed by atoms with Crippen LogP contribution in [0.25, 0.3) is 0 Å². The molecule has 0 atom stereocenters. The van der Waals surface area contributed by atoms with E-state index in [1.807, 2.05) is 12.1 Å². The molecule has 2 saturated heterocycles. The minimum absolute atomic E-state index is 0.0257. The van der Waals surface area contributed by atoms with Gasteiger partial charge in [0.25, 0.3) is 0 Å². The van der Waals surface area contributed by atoms with Crippen molar-refractivity contribution in [3.63, 3.8) is 0 Å². The summed E-state index contributed by atoms with van der Waals surface area (Å²) in [5, 5.41) is 20.6. The Morgan fingerprint density at radius 2 is 1.68 bits per heavy atom. The van der Waals surface area contributed by atoms with Crippen LogP contribution in [0.4, 0.5) is 17.1 Å². The van der Waals surface area contributed by atoms with Crippen LogP contribution in [0.5, 0.6) is 0 Å². The molecule has 3 rings (SSSR count). The van der Waals surface area contributed by atoms with Gasteiger partial charge in [-0.2, -0.15) is 10.5 Å². The van der Waals surface area contributed by atoms with Crippen LogP contribution < -0.4 is 15.1 Å². The van der Waals surface area contributed by atoms with Crippen molar-refractivity contribution >= 4 is 28.9 Å². The molecule has 2 aliphatic heterocycles. The lowest BCUT2D eigenvalue weighted by Crippen LogP contribution is -2.27. The number of nitrogens with one attached hydrogen (secondary N) is 1. The quantitative estimate of drug-likeness (QED) is 0.851. The lowest BCUT2D eigenvalue weighted by atomic mass is 10.2. The normalized spacial score (nSPS) is 16.6. The smallest absolute Gasteiger partial charge is 0.227 e. The van der Waals surface area contributed by atoms with Crippen molar-refractivity contribution in [2.24, 2.45) is 0 Å². The average Bonchev–Trinajstić information content (AvgIpc) is 3.24. The highest BCUT2D eigenvalue weighted by atomic mass is 16.2. The molecule has 1 aromatic rings. The third-order valence-corrected chi connectivity index (χ3v) is 4.34. The van der Waals surface area contributed by atoms with E-state index in [0.29, 0.717) is 37.3 Å². The molecule has 2 amide bonds. The highest BCUT2D eigenvalue weighted by Crippen LogP contribution is 2.35. The molecule has 1 N–H and O–H groups in total. The predicted octanol–water partition coefficient (Wildman–Crippen LogP) is 2.28. The third kappa shape index (κ3) is 3.31. The Balaban J connectivity index is 1.98. The van der Waals surface area contributed by atoms with Crippen LogP contribution in [0.3, 0.4) is 0 Å². The fourth-order valence-corrected chi connectivity index (χ4v) is 3.10. The van der Waals surface area contributed by atoms with Crippen molar-refractivity contribution in [1.82, 2.24) is 0 Å². The zero-order valence-corrected chi connectivity index (χ0v) is 13.7. The van der Waals surface area contributed by atoms with Crippen LogP contribution >= 0.6 is 0 Å². The van der Waals surface area contributed by atoms with Crippen LogP contribution in [0.1, 0.15) is 25.7 Å².